The smallest absolute Gasteiger partial charge is 0.265 e. The second-order valence-electron chi connectivity index (χ2n) is 4.30. The normalized spacial score (nSPS) is 11.7. The summed E-state index contributed by atoms with van der Waals surface area (Å²) in [7, 11) is 0. The lowest BCUT2D eigenvalue weighted by Gasteiger charge is -2.15. The van der Waals surface area contributed by atoms with E-state index in [0.29, 0.717) is 11.4 Å². The first-order chi connectivity index (χ1) is 9.56. The van der Waals surface area contributed by atoms with Crippen molar-refractivity contribution in [1.29, 1.82) is 0 Å². The van der Waals surface area contributed by atoms with Crippen LogP contribution in [0.15, 0.2) is 48.5 Å². The van der Waals surface area contributed by atoms with Gasteiger partial charge in [-0.3, -0.25) is 4.79 Å². The second kappa shape index (κ2) is 6.06. The van der Waals surface area contributed by atoms with E-state index in [1.54, 1.807) is 43.3 Å². The lowest BCUT2D eigenvalue weighted by Crippen LogP contribution is -2.30. The van der Waals surface area contributed by atoms with Gasteiger partial charge in [0.1, 0.15) is 11.6 Å². The highest BCUT2D eigenvalue weighted by Crippen LogP contribution is 2.16. The second-order valence-corrected chi connectivity index (χ2v) is 4.30. The molecule has 0 aliphatic heterocycles. The van der Waals surface area contributed by atoms with Crippen molar-refractivity contribution in [3.8, 4) is 5.75 Å². The molecule has 0 bridgehead atoms. The summed E-state index contributed by atoms with van der Waals surface area (Å²) >= 11 is 0. The number of carbonyl (C=O) groups excluding carboxylic acids is 1. The Hall–Kier alpha value is -2.56. The molecule has 0 spiro atoms. The highest BCUT2D eigenvalue weighted by Gasteiger charge is 2.16. The number of anilines is 2. The van der Waals surface area contributed by atoms with Gasteiger partial charge in [0.05, 0.1) is 5.69 Å². The maximum absolute atomic E-state index is 13.4. The fraction of sp³-hybridized carbons (Fsp3) is 0.133. The number of hydrogen-bond acceptors (Lipinski definition) is 3. The zero-order valence-corrected chi connectivity index (χ0v) is 11.0. The van der Waals surface area contributed by atoms with Gasteiger partial charge in [0, 0.05) is 5.69 Å². The Morgan fingerprint density at radius 1 is 1.20 bits per heavy atom. The third kappa shape index (κ3) is 3.47. The molecule has 20 heavy (non-hydrogen) atoms. The van der Waals surface area contributed by atoms with E-state index in [1.807, 2.05) is 0 Å². The van der Waals surface area contributed by atoms with Gasteiger partial charge in [-0.25, -0.2) is 4.39 Å². The summed E-state index contributed by atoms with van der Waals surface area (Å²) in [5, 5.41) is 2.48. The van der Waals surface area contributed by atoms with Gasteiger partial charge < -0.3 is 15.8 Å². The molecule has 0 aliphatic rings. The van der Waals surface area contributed by atoms with Crippen molar-refractivity contribution < 1.29 is 13.9 Å². The van der Waals surface area contributed by atoms with Crippen LogP contribution in [-0.2, 0) is 4.79 Å². The number of amides is 1. The van der Waals surface area contributed by atoms with Gasteiger partial charge in [-0.2, -0.15) is 0 Å². The summed E-state index contributed by atoms with van der Waals surface area (Å²) in [6.45, 7) is 1.59. The lowest BCUT2D eigenvalue weighted by atomic mass is 10.2. The van der Waals surface area contributed by atoms with Crippen LogP contribution in [0.4, 0.5) is 15.8 Å². The lowest BCUT2D eigenvalue weighted by molar-refractivity contribution is -0.122. The van der Waals surface area contributed by atoms with Gasteiger partial charge in [0.2, 0.25) is 0 Å². The first-order valence-electron chi connectivity index (χ1n) is 6.14. The molecule has 1 unspecified atom stereocenters. The number of carbonyl (C=O) groups is 1. The molecule has 0 radical (unpaired) electrons. The fourth-order valence-electron chi connectivity index (χ4n) is 1.60. The van der Waals surface area contributed by atoms with E-state index in [4.69, 9.17) is 10.5 Å². The van der Waals surface area contributed by atoms with E-state index in [0.717, 1.165) is 0 Å². The number of benzene rings is 2. The highest BCUT2D eigenvalue weighted by molar-refractivity contribution is 5.94. The summed E-state index contributed by atoms with van der Waals surface area (Å²) in [5.41, 5.74) is 6.30. The van der Waals surface area contributed by atoms with E-state index < -0.39 is 17.8 Å². The number of para-hydroxylation sites is 1. The van der Waals surface area contributed by atoms with E-state index >= 15 is 0 Å². The van der Waals surface area contributed by atoms with E-state index in [-0.39, 0.29) is 5.69 Å². The summed E-state index contributed by atoms with van der Waals surface area (Å²) < 4.78 is 18.9. The molecule has 1 atom stereocenters. The number of nitrogen functional groups attached to an aromatic ring is 1. The Morgan fingerprint density at radius 2 is 1.85 bits per heavy atom. The van der Waals surface area contributed by atoms with Crippen molar-refractivity contribution >= 4 is 17.3 Å². The molecule has 0 aromatic heterocycles. The molecule has 0 saturated carbocycles. The van der Waals surface area contributed by atoms with Gasteiger partial charge in [-0.05, 0) is 43.3 Å². The van der Waals surface area contributed by atoms with Crippen LogP contribution in [0.5, 0.6) is 5.75 Å². The fourth-order valence-corrected chi connectivity index (χ4v) is 1.60. The van der Waals surface area contributed by atoms with Gasteiger partial charge >= 0.3 is 0 Å². The summed E-state index contributed by atoms with van der Waals surface area (Å²) in [4.78, 5) is 11.9. The van der Waals surface area contributed by atoms with E-state index in [1.165, 1.54) is 12.1 Å². The number of nitrogens with two attached hydrogens (primary N) is 1. The molecule has 2 aromatic carbocycles. The molecular weight excluding hydrogens is 259 g/mol. The molecule has 5 heteroatoms. The van der Waals surface area contributed by atoms with Gasteiger partial charge in [-0.1, -0.05) is 12.1 Å². The Labute approximate surface area is 116 Å². The van der Waals surface area contributed by atoms with Gasteiger partial charge in [-0.15, -0.1) is 0 Å². The largest absolute Gasteiger partial charge is 0.481 e. The van der Waals surface area contributed by atoms with E-state index in [2.05, 4.69) is 5.32 Å². The Balaban J connectivity index is 1.99. The van der Waals surface area contributed by atoms with Crippen LogP contribution in [0.1, 0.15) is 6.92 Å². The van der Waals surface area contributed by atoms with Crippen LogP contribution >= 0.6 is 0 Å². The first kappa shape index (κ1) is 13.9. The molecule has 0 saturated heterocycles. The molecular formula is C15H15FN2O2. The summed E-state index contributed by atoms with van der Waals surface area (Å²) in [6, 6.07) is 12.7. The third-order valence-corrected chi connectivity index (χ3v) is 2.69. The monoisotopic (exact) mass is 274 g/mol. The number of rotatable bonds is 4. The molecule has 1 amide bonds. The third-order valence-electron chi connectivity index (χ3n) is 2.69. The van der Waals surface area contributed by atoms with Crippen LogP contribution in [0.2, 0.25) is 0 Å². The Kier molecular flexibility index (Phi) is 4.20. The number of halogens is 1. The summed E-state index contributed by atoms with van der Waals surface area (Å²) in [5.74, 6) is -0.386. The molecule has 2 rings (SSSR count). The van der Waals surface area contributed by atoms with Crippen molar-refractivity contribution in [1.82, 2.24) is 0 Å². The van der Waals surface area contributed by atoms with Gasteiger partial charge in [0.25, 0.3) is 5.91 Å². The van der Waals surface area contributed by atoms with Crippen LogP contribution in [0.25, 0.3) is 0 Å². The zero-order chi connectivity index (χ0) is 14.5. The quantitative estimate of drug-likeness (QED) is 0.843. The van der Waals surface area contributed by atoms with Crippen LogP contribution in [0.3, 0.4) is 0 Å². The molecule has 4 nitrogen and oxygen atoms in total. The van der Waals surface area contributed by atoms with Crippen LogP contribution < -0.4 is 15.8 Å². The van der Waals surface area contributed by atoms with E-state index in [9.17, 15) is 9.18 Å². The van der Waals surface area contributed by atoms with Crippen molar-refractivity contribution in [3.05, 3.63) is 54.3 Å². The molecule has 0 heterocycles. The first-order valence-corrected chi connectivity index (χ1v) is 6.14. The van der Waals surface area contributed by atoms with Crippen molar-refractivity contribution in [3.63, 3.8) is 0 Å². The van der Waals surface area contributed by atoms with Gasteiger partial charge in [0.15, 0.2) is 6.10 Å². The highest BCUT2D eigenvalue weighted by atomic mass is 19.1. The Morgan fingerprint density at radius 3 is 2.50 bits per heavy atom. The maximum Gasteiger partial charge on any atom is 0.265 e. The zero-order valence-electron chi connectivity index (χ0n) is 11.0. The maximum atomic E-state index is 13.4. The van der Waals surface area contributed by atoms with Crippen molar-refractivity contribution in [2.75, 3.05) is 11.1 Å². The molecule has 2 aromatic rings. The van der Waals surface area contributed by atoms with Crippen LogP contribution in [-0.4, -0.2) is 12.0 Å². The molecule has 104 valence electrons. The SMILES string of the molecule is CC(Oc1ccc(N)cc1)C(=O)Nc1ccccc1F. The minimum Gasteiger partial charge on any atom is -0.481 e. The molecule has 0 aliphatic carbocycles. The average molecular weight is 274 g/mol. The predicted octanol–water partition coefficient (Wildman–Crippen LogP) is 2.81. The Bertz CT molecular complexity index is 599. The summed E-state index contributed by atoms with van der Waals surface area (Å²) in [6.07, 6.45) is -0.752. The number of nitrogens with one attached hydrogen (secondary N) is 1. The minimum absolute atomic E-state index is 0.130. The standard InChI is InChI=1S/C15H15FN2O2/c1-10(20-12-8-6-11(17)7-9-12)15(19)18-14-5-3-2-4-13(14)16/h2-10H,17H2,1H3,(H,18,19). The number of ether oxygens (including phenoxy) is 1. The van der Waals surface area contributed by atoms with Crippen molar-refractivity contribution in [2.45, 2.75) is 13.0 Å². The van der Waals surface area contributed by atoms with Crippen LogP contribution in [0, 0.1) is 5.82 Å². The average Bonchev–Trinajstić information content (AvgIpc) is 2.44. The topological polar surface area (TPSA) is 64.3 Å². The number of hydrogen-bond donors (Lipinski definition) is 2. The molecule has 3 N–H and O–H groups in total. The molecule has 0 fully saturated rings. The predicted molar refractivity (Wildman–Crippen MR) is 76.0 cm³/mol. The minimum atomic E-state index is -0.752. The van der Waals surface area contributed by atoms with Crippen molar-refractivity contribution in [2.24, 2.45) is 0 Å².